The summed E-state index contributed by atoms with van der Waals surface area (Å²) in [7, 11) is -3.13. The summed E-state index contributed by atoms with van der Waals surface area (Å²) in [6.45, 7) is 6.79. The Morgan fingerprint density at radius 2 is 1.75 bits per heavy atom. The highest BCUT2D eigenvalue weighted by Gasteiger charge is 2.26. The summed E-state index contributed by atoms with van der Waals surface area (Å²) in [5.41, 5.74) is 3.17. The lowest BCUT2D eigenvalue weighted by Crippen LogP contribution is -2.20. The first-order valence-electron chi connectivity index (χ1n) is 8.15. The molecule has 128 valence electrons. The van der Waals surface area contributed by atoms with E-state index in [0.717, 1.165) is 48.8 Å². The van der Waals surface area contributed by atoms with Crippen LogP contribution in [0.2, 0.25) is 0 Å². The highest BCUT2D eigenvalue weighted by molar-refractivity contribution is 7.90. The molecule has 0 radical (unpaired) electrons. The minimum absolute atomic E-state index is 0.370. The molecule has 3 rings (SSSR count). The molecule has 1 aromatic carbocycles. The van der Waals surface area contributed by atoms with Gasteiger partial charge in [-0.1, -0.05) is 12.1 Å². The highest BCUT2D eigenvalue weighted by Crippen LogP contribution is 2.26. The fraction of sp³-hybridized carbons (Fsp3) is 0.444. The van der Waals surface area contributed by atoms with Crippen molar-refractivity contribution in [3.8, 4) is 0 Å². The van der Waals surface area contributed by atoms with Crippen LogP contribution in [0.4, 0.5) is 0 Å². The second kappa shape index (κ2) is 6.61. The van der Waals surface area contributed by atoms with Crippen LogP contribution >= 0.6 is 0 Å². The first-order chi connectivity index (χ1) is 11.3. The van der Waals surface area contributed by atoms with Crippen molar-refractivity contribution in [3.63, 3.8) is 0 Å². The minimum atomic E-state index is -3.13. The highest BCUT2D eigenvalue weighted by atomic mass is 32.2. The molecule has 2 aromatic rings. The number of likely N-dealkylation sites (tertiary alicyclic amines) is 1. The Hall–Kier alpha value is -1.79. The number of benzene rings is 1. The molecule has 6 heteroatoms. The van der Waals surface area contributed by atoms with Crippen LogP contribution < -0.4 is 0 Å². The Morgan fingerprint density at radius 1 is 1.12 bits per heavy atom. The molecule has 24 heavy (non-hydrogen) atoms. The van der Waals surface area contributed by atoms with E-state index in [-0.39, 0.29) is 0 Å². The van der Waals surface area contributed by atoms with Gasteiger partial charge in [0, 0.05) is 36.7 Å². The van der Waals surface area contributed by atoms with Crippen molar-refractivity contribution in [3.05, 3.63) is 53.1 Å². The number of aromatic nitrogens is 2. The van der Waals surface area contributed by atoms with Crippen LogP contribution in [0.3, 0.4) is 0 Å². The van der Waals surface area contributed by atoms with E-state index >= 15 is 0 Å². The summed E-state index contributed by atoms with van der Waals surface area (Å²) in [6.07, 6.45) is 2.29. The van der Waals surface area contributed by atoms with E-state index in [9.17, 15) is 8.42 Å². The van der Waals surface area contributed by atoms with Gasteiger partial charge in [-0.3, -0.25) is 4.90 Å². The molecule has 2 heterocycles. The molecular weight excluding hydrogens is 322 g/mol. The average Bonchev–Trinajstić information content (AvgIpc) is 2.94. The van der Waals surface area contributed by atoms with Gasteiger partial charge in [-0.25, -0.2) is 18.4 Å². The van der Waals surface area contributed by atoms with E-state index in [1.54, 1.807) is 12.1 Å². The van der Waals surface area contributed by atoms with Crippen LogP contribution in [0, 0.1) is 13.8 Å². The molecule has 0 amide bonds. The van der Waals surface area contributed by atoms with Gasteiger partial charge >= 0.3 is 0 Å². The predicted molar refractivity (Wildman–Crippen MR) is 93.7 cm³/mol. The molecule has 0 spiro atoms. The van der Waals surface area contributed by atoms with Gasteiger partial charge < -0.3 is 0 Å². The molecule has 5 nitrogen and oxygen atoms in total. The lowest BCUT2D eigenvalue weighted by atomic mass is 10.1. The minimum Gasteiger partial charge on any atom is -0.298 e. The Balaban J connectivity index is 1.66. The zero-order valence-corrected chi connectivity index (χ0v) is 15.2. The van der Waals surface area contributed by atoms with Gasteiger partial charge in [0.25, 0.3) is 0 Å². The summed E-state index contributed by atoms with van der Waals surface area (Å²) in [5, 5.41) is 0. The second-order valence-electron chi connectivity index (χ2n) is 6.65. The third-order valence-corrected chi connectivity index (χ3v) is 5.52. The van der Waals surface area contributed by atoms with Crippen LogP contribution in [0.25, 0.3) is 0 Å². The van der Waals surface area contributed by atoms with Gasteiger partial charge in [0.15, 0.2) is 9.84 Å². The molecular formula is C18H23N3O2S. The molecule has 1 aromatic heterocycles. The van der Waals surface area contributed by atoms with Crippen LogP contribution in [0.15, 0.2) is 35.2 Å². The zero-order chi connectivity index (χ0) is 17.3. The van der Waals surface area contributed by atoms with Crippen molar-refractivity contribution in [2.24, 2.45) is 0 Å². The summed E-state index contributed by atoms with van der Waals surface area (Å²) in [6, 6.07) is 9.17. The van der Waals surface area contributed by atoms with Crippen molar-refractivity contribution in [1.82, 2.24) is 14.9 Å². The molecule has 1 saturated heterocycles. The molecule has 1 aliphatic rings. The number of hydrogen-bond donors (Lipinski definition) is 0. The SMILES string of the molecule is Cc1cc(C)nc(C2CCN(Cc3ccc(S(C)(=O)=O)cc3)C2)n1. The van der Waals surface area contributed by atoms with Crippen molar-refractivity contribution in [2.45, 2.75) is 37.6 Å². The standard InChI is InChI=1S/C18H23N3O2S/c1-13-10-14(2)20-18(19-13)16-8-9-21(12-16)11-15-4-6-17(7-5-15)24(3,22)23/h4-7,10,16H,8-9,11-12H2,1-3H3. The summed E-state index contributed by atoms with van der Waals surface area (Å²) < 4.78 is 23.0. The number of nitrogens with zero attached hydrogens (tertiary/aromatic N) is 3. The number of hydrogen-bond acceptors (Lipinski definition) is 5. The lowest BCUT2D eigenvalue weighted by Gasteiger charge is -2.16. The van der Waals surface area contributed by atoms with Crippen LogP contribution in [-0.4, -0.2) is 42.6 Å². The van der Waals surface area contributed by atoms with E-state index in [2.05, 4.69) is 14.9 Å². The van der Waals surface area contributed by atoms with Gasteiger partial charge in [-0.15, -0.1) is 0 Å². The van der Waals surface area contributed by atoms with E-state index in [0.29, 0.717) is 10.8 Å². The van der Waals surface area contributed by atoms with Crippen LogP contribution in [0.1, 0.15) is 35.1 Å². The zero-order valence-electron chi connectivity index (χ0n) is 14.4. The number of rotatable bonds is 4. The summed E-state index contributed by atoms with van der Waals surface area (Å²) in [4.78, 5) is 11.9. The van der Waals surface area contributed by atoms with E-state index in [1.807, 2.05) is 32.0 Å². The number of aryl methyl sites for hydroxylation is 2. The largest absolute Gasteiger partial charge is 0.298 e. The first kappa shape index (κ1) is 17.0. The monoisotopic (exact) mass is 345 g/mol. The average molecular weight is 345 g/mol. The number of sulfone groups is 1. The van der Waals surface area contributed by atoms with Gasteiger partial charge in [-0.05, 0) is 50.6 Å². The van der Waals surface area contributed by atoms with Gasteiger partial charge in [0.1, 0.15) is 5.82 Å². The first-order valence-corrected chi connectivity index (χ1v) is 10.0. The van der Waals surface area contributed by atoms with E-state index in [1.165, 1.54) is 6.26 Å². The second-order valence-corrected chi connectivity index (χ2v) is 8.66. The third kappa shape index (κ3) is 3.99. The normalized spacial score (nSPS) is 18.9. The fourth-order valence-corrected chi connectivity index (χ4v) is 3.85. The smallest absolute Gasteiger partial charge is 0.175 e. The maximum absolute atomic E-state index is 11.5. The third-order valence-electron chi connectivity index (χ3n) is 4.39. The van der Waals surface area contributed by atoms with Crippen LogP contribution in [-0.2, 0) is 16.4 Å². The Labute approximate surface area is 143 Å². The maximum atomic E-state index is 11.5. The van der Waals surface area contributed by atoms with Crippen LogP contribution in [0.5, 0.6) is 0 Å². The molecule has 0 bridgehead atoms. The Kier molecular flexibility index (Phi) is 4.69. The summed E-state index contributed by atoms with van der Waals surface area (Å²) in [5.74, 6) is 1.32. The molecule has 1 unspecified atom stereocenters. The van der Waals surface area contributed by atoms with Crippen molar-refractivity contribution >= 4 is 9.84 Å². The van der Waals surface area contributed by atoms with Gasteiger partial charge in [0.05, 0.1) is 4.90 Å². The fourth-order valence-electron chi connectivity index (χ4n) is 3.22. The quantitative estimate of drug-likeness (QED) is 0.852. The predicted octanol–water partition coefficient (Wildman–Crippen LogP) is 2.49. The Bertz CT molecular complexity index is 812. The van der Waals surface area contributed by atoms with Gasteiger partial charge in [0.2, 0.25) is 0 Å². The molecule has 0 saturated carbocycles. The molecule has 1 atom stereocenters. The van der Waals surface area contributed by atoms with Gasteiger partial charge in [-0.2, -0.15) is 0 Å². The molecule has 0 N–H and O–H groups in total. The van der Waals surface area contributed by atoms with Crippen molar-refractivity contribution < 1.29 is 8.42 Å². The molecule has 1 fully saturated rings. The van der Waals surface area contributed by atoms with Crippen molar-refractivity contribution in [1.29, 1.82) is 0 Å². The van der Waals surface area contributed by atoms with E-state index in [4.69, 9.17) is 0 Å². The lowest BCUT2D eigenvalue weighted by molar-refractivity contribution is 0.325. The molecule has 1 aliphatic heterocycles. The Morgan fingerprint density at radius 3 is 2.33 bits per heavy atom. The van der Waals surface area contributed by atoms with Crippen molar-refractivity contribution in [2.75, 3.05) is 19.3 Å². The summed E-state index contributed by atoms with van der Waals surface area (Å²) >= 11 is 0. The topological polar surface area (TPSA) is 63.2 Å². The molecule has 0 aliphatic carbocycles. The van der Waals surface area contributed by atoms with E-state index < -0.39 is 9.84 Å². The maximum Gasteiger partial charge on any atom is 0.175 e.